The molecule has 20 heavy (non-hydrogen) atoms. The molecule has 0 saturated heterocycles. The van der Waals surface area contributed by atoms with Gasteiger partial charge in [-0.15, -0.1) is 11.3 Å². The van der Waals surface area contributed by atoms with E-state index in [-0.39, 0.29) is 11.7 Å². The van der Waals surface area contributed by atoms with Crippen LogP contribution in [0.2, 0.25) is 0 Å². The number of carbonyl (C=O) groups excluding carboxylic acids is 1. The molecule has 2 aromatic rings. The molecule has 0 bridgehead atoms. The molecule has 3 rings (SSSR count). The maximum Gasteiger partial charge on any atom is 0.257 e. The highest BCUT2D eigenvalue weighted by Crippen LogP contribution is 2.26. The highest BCUT2D eigenvalue weighted by molar-refractivity contribution is 7.15. The molecule has 0 unspecified atom stereocenters. The van der Waals surface area contributed by atoms with Gasteiger partial charge in [-0.05, 0) is 30.7 Å². The largest absolute Gasteiger partial charge is 0.508 e. The average molecular weight is 289 g/mol. The lowest BCUT2D eigenvalue weighted by molar-refractivity contribution is 0.102. The van der Waals surface area contributed by atoms with Gasteiger partial charge in [-0.25, -0.2) is 4.98 Å². The van der Waals surface area contributed by atoms with Crippen molar-refractivity contribution in [1.29, 1.82) is 0 Å². The number of hydrogen-bond acceptors (Lipinski definition) is 5. The van der Waals surface area contributed by atoms with Crippen molar-refractivity contribution in [2.75, 3.05) is 11.9 Å². The summed E-state index contributed by atoms with van der Waals surface area (Å²) in [5.41, 5.74) is 2.37. The summed E-state index contributed by atoms with van der Waals surface area (Å²) < 4.78 is 0. The summed E-state index contributed by atoms with van der Waals surface area (Å²) in [6.45, 7) is 3.55. The number of fused-ring (bicyclic) bond motifs is 1. The first kappa shape index (κ1) is 13.1. The second-order valence-electron chi connectivity index (χ2n) is 4.77. The van der Waals surface area contributed by atoms with Crippen molar-refractivity contribution >= 4 is 22.4 Å². The number of thiazole rings is 1. The molecule has 6 heteroatoms. The van der Waals surface area contributed by atoms with Crippen LogP contribution in [0.4, 0.5) is 5.13 Å². The van der Waals surface area contributed by atoms with E-state index >= 15 is 0 Å². The molecule has 2 heterocycles. The third-order valence-electron chi connectivity index (χ3n) is 3.28. The third-order valence-corrected chi connectivity index (χ3v) is 4.29. The number of anilines is 1. The van der Waals surface area contributed by atoms with E-state index < -0.39 is 0 Å². The fraction of sp³-hybridized carbons (Fsp3) is 0.286. The minimum absolute atomic E-state index is 0.162. The molecule has 0 aliphatic carbocycles. The second kappa shape index (κ2) is 5.22. The summed E-state index contributed by atoms with van der Waals surface area (Å²) in [6, 6.07) is 4.71. The number of nitrogens with zero attached hydrogens (tertiary/aromatic N) is 1. The lowest BCUT2D eigenvalue weighted by atomic mass is 10.1. The van der Waals surface area contributed by atoms with Crippen LogP contribution in [0.25, 0.3) is 0 Å². The van der Waals surface area contributed by atoms with Crippen LogP contribution < -0.4 is 10.6 Å². The Kier molecular flexibility index (Phi) is 3.42. The average Bonchev–Trinajstić information content (AvgIpc) is 2.80. The van der Waals surface area contributed by atoms with Crippen LogP contribution in [0.5, 0.6) is 5.75 Å². The number of benzene rings is 1. The van der Waals surface area contributed by atoms with Crippen LogP contribution in [-0.2, 0) is 13.0 Å². The monoisotopic (exact) mass is 289 g/mol. The SMILES string of the molecule is Cc1cc(O)ccc1C(=O)Nc1nc2c(s1)CNCC2. The van der Waals surface area contributed by atoms with Crippen molar-refractivity contribution in [2.45, 2.75) is 19.9 Å². The highest BCUT2D eigenvalue weighted by atomic mass is 32.1. The quantitative estimate of drug-likeness (QED) is 0.791. The maximum atomic E-state index is 12.2. The number of aromatic hydroxyl groups is 1. The minimum Gasteiger partial charge on any atom is -0.508 e. The molecule has 1 aromatic heterocycles. The summed E-state index contributed by atoms with van der Waals surface area (Å²) in [4.78, 5) is 17.9. The third kappa shape index (κ3) is 2.52. The van der Waals surface area contributed by atoms with Crippen molar-refractivity contribution in [3.63, 3.8) is 0 Å². The van der Waals surface area contributed by atoms with Gasteiger partial charge >= 0.3 is 0 Å². The van der Waals surface area contributed by atoms with Gasteiger partial charge in [-0.1, -0.05) is 0 Å². The highest BCUT2D eigenvalue weighted by Gasteiger charge is 2.17. The Balaban J connectivity index is 1.80. The number of aryl methyl sites for hydroxylation is 1. The number of aromatic nitrogens is 1. The van der Waals surface area contributed by atoms with E-state index in [2.05, 4.69) is 15.6 Å². The van der Waals surface area contributed by atoms with Crippen LogP contribution in [-0.4, -0.2) is 22.5 Å². The smallest absolute Gasteiger partial charge is 0.257 e. The zero-order valence-corrected chi connectivity index (χ0v) is 11.9. The fourth-order valence-corrected chi connectivity index (χ4v) is 3.22. The molecule has 0 fully saturated rings. The zero-order valence-electron chi connectivity index (χ0n) is 11.1. The van der Waals surface area contributed by atoms with Crippen molar-refractivity contribution in [2.24, 2.45) is 0 Å². The Bertz CT molecular complexity index is 643. The molecule has 1 aliphatic heterocycles. The number of amides is 1. The van der Waals surface area contributed by atoms with Crippen LogP contribution in [0.1, 0.15) is 26.5 Å². The summed E-state index contributed by atoms with van der Waals surface area (Å²) in [5, 5.41) is 16.1. The topological polar surface area (TPSA) is 74.2 Å². The van der Waals surface area contributed by atoms with E-state index in [4.69, 9.17) is 0 Å². The van der Waals surface area contributed by atoms with Gasteiger partial charge in [0.25, 0.3) is 5.91 Å². The fourth-order valence-electron chi connectivity index (χ4n) is 2.25. The van der Waals surface area contributed by atoms with Crippen molar-refractivity contribution in [3.8, 4) is 5.75 Å². The molecule has 0 spiro atoms. The molecule has 0 radical (unpaired) electrons. The molecule has 3 N–H and O–H groups in total. The van der Waals surface area contributed by atoms with Crippen LogP contribution in [0.15, 0.2) is 18.2 Å². The van der Waals surface area contributed by atoms with E-state index in [0.717, 1.165) is 30.8 Å². The van der Waals surface area contributed by atoms with Crippen LogP contribution in [0, 0.1) is 6.92 Å². The standard InChI is InChI=1S/C14H15N3O2S/c1-8-6-9(18)2-3-10(8)13(19)17-14-16-11-4-5-15-7-12(11)20-14/h2-3,6,15,18H,4-5,7H2,1H3,(H,16,17,19). The molecule has 0 atom stereocenters. The Morgan fingerprint density at radius 1 is 1.50 bits per heavy atom. The first-order valence-electron chi connectivity index (χ1n) is 6.44. The van der Waals surface area contributed by atoms with Crippen molar-refractivity contribution < 1.29 is 9.90 Å². The number of carbonyl (C=O) groups is 1. The van der Waals surface area contributed by atoms with Gasteiger partial charge < -0.3 is 10.4 Å². The van der Waals surface area contributed by atoms with Crippen LogP contribution in [0.3, 0.4) is 0 Å². The minimum atomic E-state index is -0.193. The summed E-state index contributed by atoms with van der Waals surface area (Å²) >= 11 is 1.51. The van der Waals surface area contributed by atoms with Crippen molar-refractivity contribution in [1.82, 2.24) is 10.3 Å². The number of rotatable bonds is 2. The molecular weight excluding hydrogens is 274 g/mol. The Morgan fingerprint density at radius 3 is 3.10 bits per heavy atom. The maximum absolute atomic E-state index is 12.2. The second-order valence-corrected chi connectivity index (χ2v) is 5.85. The van der Waals surface area contributed by atoms with Gasteiger partial charge in [-0.3, -0.25) is 10.1 Å². The van der Waals surface area contributed by atoms with E-state index in [1.807, 2.05) is 0 Å². The van der Waals surface area contributed by atoms with Gasteiger partial charge in [-0.2, -0.15) is 0 Å². The Labute approximate surface area is 120 Å². The molecular formula is C14H15N3O2S. The first-order valence-corrected chi connectivity index (χ1v) is 7.25. The van der Waals surface area contributed by atoms with Crippen LogP contribution >= 0.6 is 11.3 Å². The van der Waals surface area contributed by atoms with E-state index in [0.29, 0.717) is 10.7 Å². The summed E-state index contributed by atoms with van der Waals surface area (Å²) in [6.07, 6.45) is 0.903. The molecule has 104 valence electrons. The predicted octanol–water partition coefficient (Wildman–Crippen LogP) is 2.06. The first-order chi connectivity index (χ1) is 9.63. The molecule has 1 aliphatic rings. The molecule has 1 aromatic carbocycles. The molecule has 0 saturated carbocycles. The van der Waals surface area contributed by atoms with Gasteiger partial charge in [0, 0.05) is 30.0 Å². The van der Waals surface area contributed by atoms with Crippen molar-refractivity contribution in [3.05, 3.63) is 39.9 Å². The number of phenols is 1. The lowest BCUT2D eigenvalue weighted by Gasteiger charge is -2.09. The summed E-state index contributed by atoms with van der Waals surface area (Å²) in [7, 11) is 0. The Hall–Kier alpha value is -1.92. The molecule has 5 nitrogen and oxygen atoms in total. The lowest BCUT2D eigenvalue weighted by Crippen LogP contribution is -2.22. The number of hydrogen-bond donors (Lipinski definition) is 3. The Morgan fingerprint density at radius 2 is 2.35 bits per heavy atom. The normalized spacial score (nSPS) is 13.8. The summed E-state index contributed by atoms with van der Waals surface area (Å²) in [5.74, 6) is -0.0311. The van der Waals surface area contributed by atoms with Gasteiger partial charge in [0.05, 0.1) is 5.69 Å². The molecule has 1 amide bonds. The van der Waals surface area contributed by atoms with Gasteiger partial charge in [0.1, 0.15) is 5.75 Å². The van der Waals surface area contributed by atoms with Gasteiger partial charge in [0.2, 0.25) is 0 Å². The zero-order chi connectivity index (χ0) is 14.1. The van der Waals surface area contributed by atoms with E-state index in [1.165, 1.54) is 22.3 Å². The predicted molar refractivity (Wildman–Crippen MR) is 78.3 cm³/mol. The van der Waals surface area contributed by atoms with E-state index in [9.17, 15) is 9.90 Å². The number of nitrogens with one attached hydrogen (secondary N) is 2. The van der Waals surface area contributed by atoms with Gasteiger partial charge in [0.15, 0.2) is 5.13 Å². The number of phenolic OH excluding ortho intramolecular Hbond substituents is 1. The van der Waals surface area contributed by atoms with E-state index in [1.54, 1.807) is 19.1 Å².